The first-order valence-electron chi connectivity index (χ1n) is 5.05. The van der Waals surface area contributed by atoms with E-state index in [-0.39, 0.29) is 17.1 Å². The van der Waals surface area contributed by atoms with E-state index in [1.807, 2.05) is 0 Å². The molecule has 0 saturated carbocycles. The number of ether oxygens (including phenoxy) is 1. The molecule has 0 bridgehead atoms. The summed E-state index contributed by atoms with van der Waals surface area (Å²) >= 11 is 0. The van der Waals surface area contributed by atoms with E-state index in [4.69, 9.17) is 10.5 Å². The molecule has 0 amide bonds. The molecule has 0 unspecified atom stereocenters. The van der Waals surface area contributed by atoms with Gasteiger partial charge in [0.2, 0.25) is 0 Å². The van der Waals surface area contributed by atoms with Crippen LogP contribution in [0.5, 0.6) is 5.75 Å². The van der Waals surface area contributed by atoms with Crippen molar-refractivity contribution in [3.8, 4) is 5.75 Å². The number of nitrogens with zero attached hydrogens (tertiary/aromatic N) is 1. The Kier molecular flexibility index (Phi) is 3.36. The number of rotatable bonds is 3. The molecule has 0 radical (unpaired) electrons. The smallest absolute Gasteiger partial charge is 0.197 e. The third kappa shape index (κ3) is 2.37. The Balaban J connectivity index is 2.22. The van der Waals surface area contributed by atoms with E-state index >= 15 is 0 Å². The van der Waals surface area contributed by atoms with E-state index in [0.29, 0.717) is 0 Å². The number of hydrogen-bond acceptors (Lipinski definition) is 3. The number of pyridine rings is 1. The average Bonchev–Trinajstić information content (AvgIpc) is 2.31. The van der Waals surface area contributed by atoms with Crippen molar-refractivity contribution in [2.75, 3.05) is 5.73 Å². The van der Waals surface area contributed by atoms with Gasteiger partial charge in [-0.2, -0.15) is 0 Å². The number of hydrogen-bond donors (Lipinski definition) is 1. The lowest BCUT2D eigenvalue weighted by atomic mass is 10.2. The fourth-order valence-electron chi connectivity index (χ4n) is 1.40. The first-order chi connectivity index (χ1) is 8.59. The Bertz CT molecular complexity index is 483. The van der Waals surface area contributed by atoms with Crippen LogP contribution in [0.1, 0.15) is 5.56 Å². The summed E-state index contributed by atoms with van der Waals surface area (Å²) in [6.45, 7) is -0.467. The fraction of sp³-hybridized carbons (Fsp3) is 0.0833. The lowest BCUT2D eigenvalue weighted by Gasteiger charge is -2.10. The Morgan fingerprint density at radius 2 is 1.72 bits per heavy atom. The lowest BCUT2D eigenvalue weighted by molar-refractivity contribution is 0.279. The van der Waals surface area contributed by atoms with Crippen molar-refractivity contribution in [1.82, 2.24) is 4.98 Å². The van der Waals surface area contributed by atoms with Crippen molar-refractivity contribution in [2.45, 2.75) is 6.61 Å². The van der Waals surface area contributed by atoms with Crippen molar-refractivity contribution < 1.29 is 17.9 Å². The monoisotopic (exact) mass is 254 g/mol. The van der Waals surface area contributed by atoms with Crippen LogP contribution in [-0.2, 0) is 6.61 Å². The summed E-state index contributed by atoms with van der Waals surface area (Å²) in [6.07, 6.45) is 1.17. The Morgan fingerprint density at radius 1 is 1.06 bits per heavy atom. The van der Waals surface area contributed by atoms with Crippen LogP contribution in [0.4, 0.5) is 19.0 Å². The second-order valence-corrected chi connectivity index (χ2v) is 3.50. The quantitative estimate of drug-likeness (QED) is 0.916. The molecule has 94 valence electrons. The molecule has 18 heavy (non-hydrogen) atoms. The highest BCUT2D eigenvalue weighted by atomic mass is 19.1. The van der Waals surface area contributed by atoms with Gasteiger partial charge < -0.3 is 10.5 Å². The second kappa shape index (κ2) is 4.95. The molecule has 3 nitrogen and oxygen atoms in total. The molecule has 2 aromatic rings. The minimum absolute atomic E-state index is 0.174. The zero-order valence-corrected chi connectivity index (χ0v) is 9.16. The Hall–Kier alpha value is -2.24. The summed E-state index contributed by atoms with van der Waals surface area (Å²) < 4.78 is 44.9. The van der Waals surface area contributed by atoms with E-state index in [0.717, 1.165) is 18.2 Å². The predicted molar refractivity (Wildman–Crippen MR) is 59.3 cm³/mol. The highest BCUT2D eigenvalue weighted by Crippen LogP contribution is 2.24. The standard InChI is InChI=1S/C12H9F3N2O/c13-8-2-1-3-9(14)7(8)6-18-11-10(15)4-5-17-12(11)16/h1-5H,6H2,(H2,16,17). The molecular weight excluding hydrogens is 245 g/mol. The first kappa shape index (κ1) is 12.2. The van der Waals surface area contributed by atoms with Crippen molar-refractivity contribution in [3.63, 3.8) is 0 Å². The van der Waals surface area contributed by atoms with Gasteiger partial charge in [-0.25, -0.2) is 18.2 Å². The number of nitrogen functional groups attached to an aromatic ring is 1. The summed E-state index contributed by atoms with van der Waals surface area (Å²) in [7, 11) is 0. The van der Waals surface area contributed by atoms with Crippen LogP contribution < -0.4 is 10.5 Å². The molecule has 6 heteroatoms. The number of aromatic nitrogens is 1. The van der Waals surface area contributed by atoms with Crippen LogP contribution in [0, 0.1) is 17.5 Å². The van der Waals surface area contributed by atoms with Crippen LogP contribution in [0.2, 0.25) is 0 Å². The van der Waals surface area contributed by atoms with E-state index in [1.54, 1.807) is 0 Å². The maximum atomic E-state index is 13.3. The van der Waals surface area contributed by atoms with Gasteiger partial charge in [-0.3, -0.25) is 0 Å². The molecule has 1 aromatic heterocycles. The molecule has 1 aromatic carbocycles. The van der Waals surface area contributed by atoms with E-state index < -0.39 is 24.1 Å². The second-order valence-electron chi connectivity index (χ2n) is 3.50. The molecule has 0 aliphatic carbocycles. The first-order valence-corrected chi connectivity index (χ1v) is 5.05. The van der Waals surface area contributed by atoms with Gasteiger partial charge in [0.05, 0.1) is 5.56 Å². The predicted octanol–water partition coefficient (Wildman–Crippen LogP) is 2.66. The minimum Gasteiger partial charge on any atom is -0.482 e. The van der Waals surface area contributed by atoms with Crippen LogP contribution in [0.3, 0.4) is 0 Å². The van der Waals surface area contributed by atoms with Gasteiger partial charge in [-0.1, -0.05) is 6.07 Å². The minimum atomic E-state index is -0.766. The van der Waals surface area contributed by atoms with Crippen LogP contribution in [0.15, 0.2) is 30.5 Å². The maximum Gasteiger partial charge on any atom is 0.197 e. The Labute approximate surface area is 101 Å². The molecule has 0 spiro atoms. The van der Waals surface area contributed by atoms with Crippen molar-refractivity contribution in [1.29, 1.82) is 0 Å². The molecule has 0 atom stereocenters. The molecule has 0 aliphatic rings. The van der Waals surface area contributed by atoms with Crippen LogP contribution >= 0.6 is 0 Å². The van der Waals surface area contributed by atoms with Gasteiger partial charge in [0, 0.05) is 6.20 Å². The average molecular weight is 254 g/mol. The van der Waals surface area contributed by atoms with E-state index in [2.05, 4.69) is 4.98 Å². The molecule has 2 N–H and O–H groups in total. The molecule has 0 aliphatic heterocycles. The maximum absolute atomic E-state index is 13.3. The molecular formula is C12H9F3N2O. The summed E-state index contributed by atoms with van der Waals surface area (Å²) in [6, 6.07) is 4.45. The summed E-state index contributed by atoms with van der Waals surface area (Å²) in [5.41, 5.74) is 5.11. The van der Waals surface area contributed by atoms with Gasteiger partial charge in [0.1, 0.15) is 18.2 Å². The third-order valence-corrected chi connectivity index (χ3v) is 2.31. The van der Waals surface area contributed by atoms with Gasteiger partial charge in [0.25, 0.3) is 0 Å². The normalized spacial score (nSPS) is 10.4. The number of nitrogens with two attached hydrogens (primary N) is 1. The highest BCUT2D eigenvalue weighted by molar-refractivity contribution is 5.46. The van der Waals surface area contributed by atoms with Gasteiger partial charge in [-0.15, -0.1) is 0 Å². The molecule has 2 rings (SSSR count). The number of halogens is 3. The molecule has 0 saturated heterocycles. The molecule has 1 heterocycles. The third-order valence-electron chi connectivity index (χ3n) is 2.31. The topological polar surface area (TPSA) is 48.1 Å². The molecule has 0 fully saturated rings. The fourth-order valence-corrected chi connectivity index (χ4v) is 1.40. The summed E-state index contributed by atoms with van der Waals surface area (Å²) in [5, 5.41) is 0. The zero-order valence-electron chi connectivity index (χ0n) is 9.16. The summed E-state index contributed by atoms with van der Waals surface area (Å²) in [4.78, 5) is 3.62. The SMILES string of the molecule is Nc1nccc(F)c1OCc1c(F)cccc1F. The number of anilines is 1. The highest BCUT2D eigenvalue weighted by Gasteiger charge is 2.13. The van der Waals surface area contributed by atoms with Crippen molar-refractivity contribution in [2.24, 2.45) is 0 Å². The van der Waals surface area contributed by atoms with Gasteiger partial charge >= 0.3 is 0 Å². The van der Waals surface area contributed by atoms with Crippen LogP contribution in [-0.4, -0.2) is 4.98 Å². The van der Waals surface area contributed by atoms with Crippen molar-refractivity contribution in [3.05, 3.63) is 53.5 Å². The summed E-state index contributed by atoms with van der Waals surface area (Å²) in [5.74, 6) is -2.76. The van der Waals surface area contributed by atoms with Gasteiger partial charge in [0.15, 0.2) is 17.4 Å². The number of benzene rings is 1. The van der Waals surface area contributed by atoms with E-state index in [1.165, 1.54) is 12.3 Å². The van der Waals surface area contributed by atoms with Crippen LogP contribution in [0.25, 0.3) is 0 Å². The zero-order chi connectivity index (χ0) is 13.1. The van der Waals surface area contributed by atoms with Gasteiger partial charge in [-0.05, 0) is 18.2 Å². The van der Waals surface area contributed by atoms with Crippen molar-refractivity contribution >= 4 is 5.82 Å². The van der Waals surface area contributed by atoms with E-state index in [9.17, 15) is 13.2 Å². The largest absolute Gasteiger partial charge is 0.482 e. The Morgan fingerprint density at radius 3 is 2.33 bits per heavy atom. The lowest BCUT2D eigenvalue weighted by Crippen LogP contribution is -2.05.